The van der Waals surface area contributed by atoms with Crippen LogP contribution in [0.2, 0.25) is 0 Å². The van der Waals surface area contributed by atoms with Gasteiger partial charge in [-0.3, -0.25) is 4.90 Å². The lowest BCUT2D eigenvalue weighted by atomic mass is 9.87. The second-order valence-electron chi connectivity index (χ2n) is 5.19. The molecule has 1 aromatic carbocycles. The molecule has 0 amide bonds. The molecule has 2 rings (SSSR count). The standard InChI is InChI=1S/C14H20N2O2/c1-10-5-3-4-6-12(10)14(2,13(17)18)16-8-7-11(15)9-16/h3-6,11H,7-9,15H2,1-2H3,(H,17,18). The van der Waals surface area contributed by atoms with Crippen LogP contribution in [-0.2, 0) is 10.3 Å². The molecule has 0 aliphatic carbocycles. The summed E-state index contributed by atoms with van der Waals surface area (Å²) in [6, 6.07) is 7.74. The van der Waals surface area contributed by atoms with Gasteiger partial charge in [0.1, 0.15) is 5.54 Å². The zero-order chi connectivity index (χ0) is 13.3. The van der Waals surface area contributed by atoms with E-state index in [4.69, 9.17) is 5.73 Å². The van der Waals surface area contributed by atoms with Crippen molar-refractivity contribution in [1.82, 2.24) is 4.90 Å². The number of carboxylic acids is 1. The van der Waals surface area contributed by atoms with Crippen LogP contribution in [0.25, 0.3) is 0 Å². The largest absolute Gasteiger partial charge is 0.480 e. The summed E-state index contributed by atoms with van der Waals surface area (Å²) in [6.07, 6.45) is 0.856. The molecule has 0 bridgehead atoms. The van der Waals surface area contributed by atoms with Gasteiger partial charge in [-0.2, -0.15) is 0 Å². The molecule has 0 spiro atoms. The van der Waals surface area contributed by atoms with Crippen molar-refractivity contribution in [3.63, 3.8) is 0 Å². The lowest BCUT2D eigenvalue weighted by Gasteiger charge is -2.36. The highest BCUT2D eigenvalue weighted by atomic mass is 16.4. The topological polar surface area (TPSA) is 66.6 Å². The Kier molecular flexibility index (Phi) is 3.41. The van der Waals surface area contributed by atoms with Crippen LogP contribution in [0.1, 0.15) is 24.5 Å². The number of aliphatic carboxylic acids is 1. The van der Waals surface area contributed by atoms with Crippen LogP contribution in [-0.4, -0.2) is 35.1 Å². The van der Waals surface area contributed by atoms with Crippen molar-refractivity contribution in [1.29, 1.82) is 0 Å². The monoisotopic (exact) mass is 248 g/mol. The van der Waals surface area contributed by atoms with Gasteiger partial charge in [-0.1, -0.05) is 24.3 Å². The number of carbonyl (C=O) groups is 1. The Bertz CT molecular complexity index is 461. The summed E-state index contributed by atoms with van der Waals surface area (Å²) >= 11 is 0. The van der Waals surface area contributed by atoms with E-state index in [-0.39, 0.29) is 6.04 Å². The minimum atomic E-state index is -0.987. The highest BCUT2D eigenvalue weighted by molar-refractivity contribution is 5.81. The maximum absolute atomic E-state index is 11.8. The molecule has 3 N–H and O–H groups in total. The van der Waals surface area contributed by atoms with Gasteiger partial charge in [0.05, 0.1) is 0 Å². The first-order chi connectivity index (χ1) is 8.46. The van der Waals surface area contributed by atoms with Crippen LogP contribution in [0.5, 0.6) is 0 Å². The van der Waals surface area contributed by atoms with Crippen LogP contribution < -0.4 is 5.73 Å². The van der Waals surface area contributed by atoms with Gasteiger partial charge in [-0.25, -0.2) is 4.79 Å². The van der Waals surface area contributed by atoms with E-state index >= 15 is 0 Å². The number of aryl methyl sites for hydroxylation is 1. The Morgan fingerprint density at radius 3 is 2.67 bits per heavy atom. The van der Waals surface area contributed by atoms with Crippen molar-refractivity contribution in [2.75, 3.05) is 13.1 Å². The lowest BCUT2D eigenvalue weighted by molar-refractivity contribution is -0.150. The Morgan fingerprint density at radius 1 is 1.50 bits per heavy atom. The van der Waals surface area contributed by atoms with E-state index in [1.54, 1.807) is 6.92 Å². The van der Waals surface area contributed by atoms with Crippen molar-refractivity contribution in [2.45, 2.75) is 31.8 Å². The molecule has 0 saturated carbocycles. The maximum atomic E-state index is 11.8. The van der Waals surface area contributed by atoms with Gasteiger partial charge in [0.15, 0.2) is 0 Å². The summed E-state index contributed by atoms with van der Waals surface area (Å²) in [7, 11) is 0. The molecule has 0 radical (unpaired) electrons. The van der Waals surface area contributed by atoms with Crippen LogP contribution in [0.4, 0.5) is 0 Å². The molecular formula is C14H20N2O2. The third-order valence-corrected chi connectivity index (χ3v) is 3.94. The Morgan fingerprint density at radius 2 is 2.17 bits per heavy atom. The number of hydrogen-bond donors (Lipinski definition) is 2. The first kappa shape index (κ1) is 13.1. The van der Waals surface area contributed by atoms with Gasteiger partial charge in [-0.05, 0) is 31.4 Å². The van der Waals surface area contributed by atoms with E-state index in [9.17, 15) is 9.90 Å². The number of carboxylic acid groups (broad SMARTS) is 1. The Balaban J connectivity index is 2.45. The van der Waals surface area contributed by atoms with Crippen LogP contribution in [0, 0.1) is 6.92 Å². The van der Waals surface area contributed by atoms with Gasteiger partial charge in [0.2, 0.25) is 0 Å². The highest BCUT2D eigenvalue weighted by Crippen LogP contribution is 2.33. The summed E-state index contributed by atoms with van der Waals surface area (Å²) in [5.41, 5.74) is 6.77. The van der Waals surface area contributed by atoms with Crippen molar-refractivity contribution in [3.8, 4) is 0 Å². The maximum Gasteiger partial charge on any atom is 0.328 e. The molecular weight excluding hydrogens is 228 g/mol. The fraction of sp³-hybridized carbons (Fsp3) is 0.500. The third-order valence-electron chi connectivity index (χ3n) is 3.94. The predicted octanol–water partition coefficient (Wildman–Crippen LogP) is 1.33. The summed E-state index contributed by atoms with van der Waals surface area (Å²) in [5, 5.41) is 9.67. The third kappa shape index (κ3) is 2.02. The average molecular weight is 248 g/mol. The first-order valence-corrected chi connectivity index (χ1v) is 6.26. The normalized spacial score (nSPS) is 23.8. The fourth-order valence-corrected chi connectivity index (χ4v) is 2.73. The number of hydrogen-bond acceptors (Lipinski definition) is 3. The van der Waals surface area contributed by atoms with Gasteiger partial charge in [0.25, 0.3) is 0 Å². The Labute approximate surface area is 107 Å². The number of rotatable bonds is 3. The number of nitrogens with two attached hydrogens (primary N) is 1. The van der Waals surface area contributed by atoms with Gasteiger partial charge < -0.3 is 10.8 Å². The second kappa shape index (κ2) is 4.71. The van der Waals surface area contributed by atoms with Crippen LogP contribution in [0.15, 0.2) is 24.3 Å². The Hall–Kier alpha value is -1.39. The summed E-state index contributed by atoms with van der Waals surface area (Å²) in [5.74, 6) is -0.814. The minimum absolute atomic E-state index is 0.0766. The van der Waals surface area contributed by atoms with E-state index in [1.807, 2.05) is 36.1 Å². The molecule has 98 valence electrons. The zero-order valence-electron chi connectivity index (χ0n) is 10.9. The van der Waals surface area contributed by atoms with Crippen molar-refractivity contribution in [2.24, 2.45) is 5.73 Å². The molecule has 1 saturated heterocycles. The lowest BCUT2D eigenvalue weighted by Crippen LogP contribution is -2.49. The van der Waals surface area contributed by atoms with Crippen molar-refractivity contribution in [3.05, 3.63) is 35.4 Å². The van der Waals surface area contributed by atoms with Crippen LogP contribution in [0.3, 0.4) is 0 Å². The molecule has 2 atom stereocenters. The van der Waals surface area contributed by atoms with E-state index in [0.29, 0.717) is 6.54 Å². The molecule has 2 unspecified atom stereocenters. The second-order valence-corrected chi connectivity index (χ2v) is 5.19. The van der Waals surface area contributed by atoms with Crippen molar-refractivity contribution >= 4 is 5.97 Å². The minimum Gasteiger partial charge on any atom is -0.480 e. The molecule has 18 heavy (non-hydrogen) atoms. The SMILES string of the molecule is Cc1ccccc1C(C)(C(=O)O)N1CCC(N)C1. The van der Waals surface area contributed by atoms with Gasteiger partial charge in [-0.15, -0.1) is 0 Å². The molecule has 1 aliphatic rings. The highest BCUT2D eigenvalue weighted by Gasteiger charge is 2.44. The number of likely N-dealkylation sites (tertiary alicyclic amines) is 1. The van der Waals surface area contributed by atoms with Crippen LogP contribution >= 0.6 is 0 Å². The quantitative estimate of drug-likeness (QED) is 0.847. The summed E-state index contributed by atoms with van der Waals surface area (Å²) < 4.78 is 0. The molecule has 1 heterocycles. The van der Waals surface area contributed by atoms with Crippen molar-refractivity contribution < 1.29 is 9.90 Å². The summed E-state index contributed by atoms with van der Waals surface area (Å²) in [4.78, 5) is 13.8. The number of benzene rings is 1. The fourth-order valence-electron chi connectivity index (χ4n) is 2.73. The van der Waals surface area contributed by atoms with Gasteiger partial charge in [0, 0.05) is 19.1 Å². The summed E-state index contributed by atoms with van der Waals surface area (Å²) in [6.45, 7) is 5.09. The molecule has 4 heteroatoms. The average Bonchev–Trinajstić information content (AvgIpc) is 2.75. The molecule has 1 fully saturated rings. The molecule has 1 aromatic rings. The molecule has 0 aromatic heterocycles. The van der Waals surface area contributed by atoms with E-state index in [2.05, 4.69) is 0 Å². The smallest absolute Gasteiger partial charge is 0.328 e. The predicted molar refractivity (Wildman–Crippen MR) is 70.3 cm³/mol. The van der Waals surface area contributed by atoms with E-state index < -0.39 is 11.5 Å². The molecule has 1 aliphatic heterocycles. The first-order valence-electron chi connectivity index (χ1n) is 6.26. The van der Waals surface area contributed by atoms with Gasteiger partial charge >= 0.3 is 5.97 Å². The van der Waals surface area contributed by atoms with E-state index in [1.165, 1.54) is 0 Å². The number of nitrogens with zero attached hydrogens (tertiary/aromatic N) is 1. The zero-order valence-corrected chi connectivity index (χ0v) is 10.9. The van der Waals surface area contributed by atoms with E-state index in [0.717, 1.165) is 24.1 Å². The molecule has 4 nitrogen and oxygen atoms in total.